The Bertz CT molecular complexity index is 1750. The van der Waals surface area contributed by atoms with Gasteiger partial charge in [0, 0.05) is 11.1 Å². The maximum atomic E-state index is 6.65. The van der Waals surface area contributed by atoms with Crippen molar-refractivity contribution in [2.24, 2.45) is 0 Å². The Labute approximate surface area is 257 Å². The van der Waals surface area contributed by atoms with Crippen molar-refractivity contribution in [1.29, 1.82) is 0 Å². The van der Waals surface area contributed by atoms with E-state index in [0.29, 0.717) is 0 Å². The van der Waals surface area contributed by atoms with E-state index in [9.17, 15) is 0 Å². The highest BCUT2D eigenvalue weighted by molar-refractivity contribution is 6.28. The molecule has 0 spiro atoms. The van der Waals surface area contributed by atoms with Gasteiger partial charge in [-0.25, -0.2) is 9.97 Å². The van der Waals surface area contributed by atoms with Crippen LogP contribution in [0.15, 0.2) is 164 Å². The standard InChI is InChI=1S/C40H27ClN2/c41-40-42-38(36-23-32(28-13-5-1-6-14-28)21-33(24-36)29-15-7-2-8-16-29)27-39(43-40)37-25-34(30-17-9-3-10-18-30)22-35(26-37)31-19-11-4-12-20-31/h1-27H. The monoisotopic (exact) mass is 570 g/mol. The van der Waals surface area contributed by atoms with Crippen LogP contribution in [0.4, 0.5) is 0 Å². The first-order valence-electron chi connectivity index (χ1n) is 14.3. The van der Waals surface area contributed by atoms with Gasteiger partial charge in [0.15, 0.2) is 0 Å². The van der Waals surface area contributed by atoms with Crippen LogP contribution in [0, 0.1) is 0 Å². The molecule has 0 N–H and O–H groups in total. The van der Waals surface area contributed by atoms with Crippen LogP contribution in [-0.4, -0.2) is 9.97 Å². The van der Waals surface area contributed by atoms with Crippen LogP contribution in [-0.2, 0) is 0 Å². The summed E-state index contributed by atoms with van der Waals surface area (Å²) >= 11 is 6.65. The highest BCUT2D eigenvalue weighted by Crippen LogP contribution is 2.36. The van der Waals surface area contributed by atoms with E-state index in [1.165, 1.54) is 0 Å². The minimum absolute atomic E-state index is 0.213. The van der Waals surface area contributed by atoms with E-state index < -0.39 is 0 Å². The Morgan fingerprint density at radius 3 is 0.814 bits per heavy atom. The zero-order valence-electron chi connectivity index (χ0n) is 23.4. The second-order valence-corrected chi connectivity index (χ2v) is 10.8. The van der Waals surface area contributed by atoms with Gasteiger partial charge in [0.2, 0.25) is 5.28 Å². The van der Waals surface area contributed by atoms with Crippen LogP contribution in [0.25, 0.3) is 67.0 Å². The van der Waals surface area contributed by atoms with Crippen molar-refractivity contribution in [3.8, 4) is 67.0 Å². The lowest BCUT2D eigenvalue weighted by Gasteiger charge is -2.13. The molecule has 43 heavy (non-hydrogen) atoms. The zero-order chi connectivity index (χ0) is 29.0. The molecule has 7 rings (SSSR count). The largest absolute Gasteiger partial charge is 0.223 e. The van der Waals surface area contributed by atoms with Crippen molar-refractivity contribution in [3.05, 3.63) is 169 Å². The summed E-state index contributed by atoms with van der Waals surface area (Å²) in [5.74, 6) is 0. The zero-order valence-corrected chi connectivity index (χ0v) is 24.1. The van der Waals surface area contributed by atoms with Crippen molar-refractivity contribution >= 4 is 11.6 Å². The third-order valence-electron chi connectivity index (χ3n) is 7.58. The van der Waals surface area contributed by atoms with E-state index in [1.54, 1.807) is 0 Å². The van der Waals surface area contributed by atoms with E-state index in [-0.39, 0.29) is 5.28 Å². The summed E-state index contributed by atoms with van der Waals surface area (Å²) in [4.78, 5) is 9.43. The molecule has 1 heterocycles. The topological polar surface area (TPSA) is 25.8 Å². The van der Waals surface area contributed by atoms with Gasteiger partial charge in [-0.2, -0.15) is 0 Å². The minimum Gasteiger partial charge on any atom is -0.218 e. The fourth-order valence-electron chi connectivity index (χ4n) is 5.45. The van der Waals surface area contributed by atoms with Gasteiger partial charge in [0.25, 0.3) is 0 Å². The van der Waals surface area contributed by atoms with Gasteiger partial charge >= 0.3 is 0 Å². The van der Waals surface area contributed by atoms with Gasteiger partial charge in [-0.15, -0.1) is 0 Å². The summed E-state index contributed by atoms with van der Waals surface area (Å²) in [7, 11) is 0. The highest BCUT2D eigenvalue weighted by Gasteiger charge is 2.14. The molecule has 0 aliphatic carbocycles. The molecule has 0 aliphatic heterocycles. The third kappa shape index (κ3) is 5.88. The average molecular weight is 571 g/mol. The summed E-state index contributed by atoms with van der Waals surface area (Å²) in [6.45, 7) is 0. The second-order valence-electron chi connectivity index (χ2n) is 10.5. The molecule has 0 atom stereocenters. The molecule has 2 nitrogen and oxygen atoms in total. The Morgan fingerprint density at radius 1 is 0.279 bits per heavy atom. The summed E-state index contributed by atoms with van der Waals surface area (Å²) < 4.78 is 0. The summed E-state index contributed by atoms with van der Waals surface area (Å²) in [6.07, 6.45) is 0. The third-order valence-corrected chi connectivity index (χ3v) is 7.75. The van der Waals surface area contributed by atoms with E-state index in [0.717, 1.165) is 67.0 Å². The predicted molar refractivity (Wildman–Crippen MR) is 180 cm³/mol. The molecule has 0 aliphatic rings. The SMILES string of the molecule is Clc1nc(-c2cc(-c3ccccc3)cc(-c3ccccc3)c2)cc(-c2cc(-c3ccccc3)cc(-c3ccccc3)c2)n1. The summed E-state index contributed by atoms with van der Waals surface area (Å²) in [5, 5.41) is 0.213. The van der Waals surface area contributed by atoms with Crippen LogP contribution in [0.3, 0.4) is 0 Å². The molecule has 6 aromatic carbocycles. The van der Waals surface area contributed by atoms with Crippen molar-refractivity contribution in [2.45, 2.75) is 0 Å². The Kier molecular flexibility index (Phi) is 7.35. The van der Waals surface area contributed by atoms with Gasteiger partial charge in [0.1, 0.15) is 0 Å². The molecule has 1 aromatic heterocycles. The average Bonchev–Trinajstić information content (AvgIpc) is 3.09. The first kappa shape index (κ1) is 26.6. The number of benzene rings is 6. The number of nitrogens with zero attached hydrogens (tertiary/aromatic N) is 2. The van der Waals surface area contributed by atoms with Crippen LogP contribution in [0.1, 0.15) is 0 Å². The Hall–Kier alpha value is -5.31. The van der Waals surface area contributed by atoms with Crippen LogP contribution >= 0.6 is 11.6 Å². The molecule has 0 saturated carbocycles. The number of rotatable bonds is 6. The minimum atomic E-state index is 0.213. The smallest absolute Gasteiger partial charge is 0.218 e. The summed E-state index contributed by atoms with van der Waals surface area (Å²) in [6, 6.07) is 56.9. The number of hydrogen-bond acceptors (Lipinski definition) is 2. The quantitative estimate of drug-likeness (QED) is 0.186. The Balaban J connectivity index is 1.40. The first-order valence-corrected chi connectivity index (χ1v) is 14.6. The maximum absolute atomic E-state index is 6.65. The van der Waals surface area contributed by atoms with Gasteiger partial charge in [0.05, 0.1) is 11.4 Å². The molecule has 0 radical (unpaired) electrons. The van der Waals surface area contributed by atoms with E-state index in [2.05, 4.69) is 133 Å². The predicted octanol–water partition coefficient (Wildman–Crippen LogP) is 11.1. The lowest BCUT2D eigenvalue weighted by Crippen LogP contribution is -1.94. The molecule has 0 unspecified atom stereocenters. The van der Waals surface area contributed by atoms with Crippen molar-refractivity contribution in [3.63, 3.8) is 0 Å². The molecule has 0 bridgehead atoms. The second kappa shape index (κ2) is 11.9. The van der Waals surface area contributed by atoms with Crippen molar-refractivity contribution in [2.75, 3.05) is 0 Å². The molecular formula is C40H27ClN2. The van der Waals surface area contributed by atoms with E-state index >= 15 is 0 Å². The van der Waals surface area contributed by atoms with Gasteiger partial charge in [-0.05, 0) is 98.6 Å². The molecule has 0 amide bonds. The highest BCUT2D eigenvalue weighted by atomic mass is 35.5. The van der Waals surface area contributed by atoms with Gasteiger partial charge in [-0.3, -0.25) is 0 Å². The maximum Gasteiger partial charge on any atom is 0.223 e. The normalized spacial score (nSPS) is 10.9. The van der Waals surface area contributed by atoms with E-state index in [4.69, 9.17) is 21.6 Å². The fourth-order valence-corrected chi connectivity index (χ4v) is 5.64. The van der Waals surface area contributed by atoms with Gasteiger partial charge in [-0.1, -0.05) is 121 Å². The lowest BCUT2D eigenvalue weighted by molar-refractivity contribution is 1.18. The number of hydrogen-bond donors (Lipinski definition) is 0. The number of halogens is 1. The molecule has 0 saturated heterocycles. The lowest BCUT2D eigenvalue weighted by atomic mass is 9.93. The van der Waals surface area contributed by atoms with Crippen molar-refractivity contribution in [1.82, 2.24) is 9.97 Å². The fraction of sp³-hybridized carbons (Fsp3) is 0. The Morgan fingerprint density at radius 2 is 0.535 bits per heavy atom. The molecule has 204 valence electrons. The first-order chi connectivity index (χ1) is 21.2. The van der Waals surface area contributed by atoms with Crippen LogP contribution in [0.5, 0.6) is 0 Å². The molecular weight excluding hydrogens is 544 g/mol. The van der Waals surface area contributed by atoms with Crippen molar-refractivity contribution < 1.29 is 0 Å². The van der Waals surface area contributed by atoms with Crippen LogP contribution in [0.2, 0.25) is 5.28 Å². The molecule has 0 fully saturated rings. The molecule has 3 heteroatoms. The number of aromatic nitrogens is 2. The summed E-state index contributed by atoms with van der Waals surface area (Å²) in [5.41, 5.74) is 12.5. The molecule has 7 aromatic rings. The van der Waals surface area contributed by atoms with Crippen LogP contribution < -0.4 is 0 Å². The van der Waals surface area contributed by atoms with E-state index in [1.807, 2.05) is 30.3 Å². The van der Waals surface area contributed by atoms with Gasteiger partial charge < -0.3 is 0 Å².